The average Bonchev–Trinajstić information content (AvgIpc) is 3.29. The van der Waals surface area contributed by atoms with Gasteiger partial charge < -0.3 is 14.8 Å². The molecule has 0 bridgehead atoms. The molecule has 1 aromatic carbocycles. The molecule has 0 unspecified atom stereocenters. The van der Waals surface area contributed by atoms with Gasteiger partial charge in [-0.25, -0.2) is 9.59 Å². The average molecular weight is 364 g/mol. The SMILES string of the molecule is O=C(OCC(=O)N1CCNC1=O)c1ccccc1SC[C@H]1CCCO1. The van der Waals surface area contributed by atoms with Gasteiger partial charge in [-0.2, -0.15) is 0 Å². The zero-order chi connectivity index (χ0) is 17.6. The third-order valence-corrected chi connectivity index (χ3v) is 5.25. The van der Waals surface area contributed by atoms with E-state index in [1.54, 1.807) is 23.9 Å². The lowest BCUT2D eigenvalue weighted by molar-refractivity contribution is -0.130. The van der Waals surface area contributed by atoms with Gasteiger partial charge in [-0.15, -0.1) is 11.8 Å². The molecule has 0 aromatic heterocycles. The monoisotopic (exact) mass is 364 g/mol. The van der Waals surface area contributed by atoms with E-state index in [4.69, 9.17) is 9.47 Å². The molecule has 3 amide bonds. The summed E-state index contributed by atoms with van der Waals surface area (Å²) >= 11 is 1.55. The number of ether oxygens (including phenoxy) is 2. The molecule has 25 heavy (non-hydrogen) atoms. The Labute approximate surface area is 150 Å². The highest BCUT2D eigenvalue weighted by molar-refractivity contribution is 7.99. The predicted octanol–water partition coefficient (Wildman–Crippen LogP) is 1.67. The standard InChI is InChI=1S/C17H20N2O5S/c20-15(19-8-7-18-17(19)22)10-24-16(21)13-5-1-2-6-14(13)25-11-12-4-3-9-23-12/h1-2,5-6,12H,3-4,7-11H2,(H,18,22)/t12-/m1/s1. The van der Waals surface area contributed by atoms with Crippen molar-refractivity contribution in [2.24, 2.45) is 0 Å². The van der Waals surface area contributed by atoms with Gasteiger partial charge >= 0.3 is 12.0 Å². The Balaban J connectivity index is 1.55. The minimum absolute atomic E-state index is 0.212. The van der Waals surface area contributed by atoms with E-state index in [1.165, 1.54) is 0 Å². The summed E-state index contributed by atoms with van der Waals surface area (Å²) in [4.78, 5) is 37.5. The molecule has 1 aromatic rings. The molecule has 0 saturated carbocycles. The van der Waals surface area contributed by atoms with Gasteiger partial charge in [0, 0.05) is 30.3 Å². The van der Waals surface area contributed by atoms with Gasteiger partial charge in [0.2, 0.25) is 0 Å². The summed E-state index contributed by atoms with van der Waals surface area (Å²) in [6, 6.07) is 6.68. The summed E-state index contributed by atoms with van der Waals surface area (Å²) in [6.07, 6.45) is 2.32. The Morgan fingerprint density at radius 2 is 2.20 bits per heavy atom. The number of benzene rings is 1. The van der Waals surface area contributed by atoms with Gasteiger partial charge in [0.1, 0.15) is 0 Å². The van der Waals surface area contributed by atoms with Crippen molar-refractivity contribution < 1.29 is 23.9 Å². The van der Waals surface area contributed by atoms with E-state index >= 15 is 0 Å². The fraction of sp³-hybridized carbons (Fsp3) is 0.471. The van der Waals surface area contributed by atoms with Crippen LogP contribution in [0, 0.1) is 0 Å². The maximum Gasteiger partial charge on any atom is 0.339 e. The normalized spacial score (nSPS) is 19.8. The highest BCUT2D eigenvalue weighted by atomic mass is 32.2. The van der Waals surface area contributed by atoms with Crippen LogP contribution in [-0.4, -0.2) is 61.0 Å². The lowest BCUT2D eigenvalue weighted by atomic mass is 10.2. The number of nitrogens with one attached hydrogen (secondary N) is 1. The number of esters is 1. The molecule has 1 N–H and O–H groups in total. The molecule has 3 rings (SSSR count). The number of rotatable bonds is 6. The highest BCUT2D eigenvalue weighted by Gasteiger charge is 2.27. The number of imide groups is 1. The molecule has 1 atom stereocenters. The molecular weight excluding hydrogens is 344 g/mol. The van der Waals surface area contributed by atoms with E-state index in [1.807, 2.05) is 12.1 Å². The lowest BCUT2D eigenvalue weighted by Gasteiger charge is -2.14. The van der Waals surface area contributed by atoms with Crippen molar-refractivity contribution in [3.63, 3.8) is 0 Å². The first-order valence-corrected chi connectivity index (χ1v) is 9.22. The molecule has 0 radical (unpaired) electrons. The molecule has 134 valence electrons. The molecule has 2 aliphatic rings. The molecule has 0 aliphatic carbocycles. The fourth-order valence-corrected chi connectivity index (χ4v) is 3.82. The zero-order valence-electron chi connectivity index (χ0n) is 13.7. The number of carbonyl (C=O) groups excluding carboxylic acids is 3. The fourth-order valence-electron chi connectivity index (χ4n) is 2.71. The summed E-state index contributed by atoms with van der Waals surface area (Å²) in [5.41, 5.74) is 0.421. The van der Waals surface area contributed by atoms with Crippen LogP contribution in [0.25, 0.3) is 0 Å². The van der Waals surface area contributed by atoms with Gasteiger partial charge in [0.15, 0.2) is 6.61 Å². The molecule has 2 heterocycles. The van der Waals surface area contributed by atoms with Gasteiger partial charge in [-0.1, -0.05) is 12.1 Å². The number of hydrogen-bond acceptors (Lipinski definition) is 6. The van der Waals surface area contributed by atoms with Crippen molar-refractivity contribution in [3.8, 4) is 0 Å². The lowest BCUT2D eigenvalue weighted by Crippen LogP contribution is -2.37. The van der Waals surface area contributed by atoms with Crippen molar-refractivity contribution in [2.45, 2.75) is 23.8 Å². The molecule has 0 spiro atoms. The predicted molar refractivity (Wildman–Crippen MR) is 91.5 cm³/mol. The van der Waals surface area contributed by atoms with E-state index in [0.717, 1.165) is 35.0 Å². The molecule has 2 fully saturated rings. The quantitative estimate of drug-likeness (QED) is 0.610. The summed E-state index contributed by atoms with van der Waals surface area (Å²) in [5.74, 6) is -0.312. The number of hydrogen-bond donors (Lipinski definition) is 1. The maximum atomic E-state index is 12.3. The Morgan fingerprint density at radius 3 is 2.92 bits per heavy atom. The number of urea groups is 1. The Morgan fingerprint density at radius 1 is 1.36 bits per heavy atom. The summed E-state index contributed by atoms with van der Waals surface area (Å²) in [6.45, 7) is 1.06. The maximum absolute atomic E-state index is 12.3. The van der Waals surface area contributed by atoms with Crippen molar-refractivity contribution in [1.29, 1.82) is 0 Å². The highest BCUT2D eigenvalue weighted by Crippen LogP contribution is 2.27. The first kappa shape index (κ1) is 17.8. The number of amides is 3. The van der Waals surface area contributed by atoms with Crippen LogP contribution in [0.5, 0.6) is 0 Å². The smallest absolute Gasteiger partial charge is 0.339 e. The topological polar surface area (TPSA) is 84.9 Å². The van der Waals surface area contributed by atoms with Crippen molar-refractivity contribution in [3.05, 3.63) is 29.8 Å². The van der Waals surface area contributed by atoms with Gasteiger partial charge in [0.25, 0.3) is 5.91 Å². The van der Waals surface area contributed by atoms with Gasteiger partial charge in [0.05, 0.1) is 11.7 Å². The molecule has 2 aliphatic heterocycles. The molecule has 8 heteroatoms. The number of carbonyl (C=O) groups is 3. The van der Waals surface area contributed by atoms with Crippen LogP contribution in [-0.2, 0) is 14.3 Å². The van der Waals surface area contributed by atoms with Gasteiger partial charge in [-0.05, 0) is 25.0 Å². The van der Waals surface area contributed by atoms with E-state index < -0.39 is 24.5 Å². The number of nitrogens with zero attached hydrogens (tertiary/aromatic N) is 1. The van der Waals surface area contributed by atoms with Gasteiger partial charge in [-0.3, -0.25) is 9.69 Å². The van der Waals surface area contributed by atoms with Crippen LogP contribution in [0.15, 0.2) is 29.2 Å². The van der Waals surface area contributed by atoms with Crippen molar-refractivity contribution >= 4 is 29.7 Å². The van der Waals surface area contributed by atoms with Crippen LogP contribution < -0.4 is 5.32 Å². The second-order valence-electron chi connectivity index (χ2n) is 5.80. The third-order valence-electron chi connectivity index (χ3n) is 4.04. The Hall–Kier alpha value is -2.06. The molecular formula is C17H20N2O5S. The van der Waals surface area contributed by atoms with Crippen LogP contribution in [0.2, 0.25) is 0 Å². The van der Waals surface area contributed by atoms with E-state index in [2.05, 4.69) is 5.32 Å². The number of thioether (sulfide) groups is 1. The second kappa shape index (κ2) is 8.35. The largest absolute Gasteiger partial charge is 0.452 e. The van der Waals surface area contributed by atoms with Crippen molar-refractivity contribution in [2.75, 3.05) is 32.1 Å². The van der Waals surface area contributed by atoms with Crippen molar-refractivity contribution in [1.82, 2.24) is 10.2 Å². The first-order valence-electron chi connectivity index (χ1n) is 8.24. The summed E-state index contributed by atoms with van der Waals surface area (Å²) in [7, 11) is 0. The van der Waals surface area contributed by atoms with E-state index in [-0.39, 0.29) is 6.10 Å². The third kappa shape index (κ3) is 4.52. The first-order chi connectivity index (χ1) is 12.1. The Kier molecular flexibility index (Phi) is 5.93. The van der Waals surface area contributed by atoms with Crippen LogP contribution in [0.4, 0.5) is 4.79 Å². The summed E-state index contributed by atoms with van der Waals surface area (Å²) < 4.78 is 10.7. The minimum atomic E-state index is -0.566. The molecule has 7 nitrogen and oxygen atoms in total. The molecule has 2 saturated heterocycles. The van der Waals surface area contributed by atoms with E-state index in [0.29, 0.717) is 18.7 Å². The van der Waals surface area contributed by atoms with Crippen LogP contribution in [0.3, 0.4) is 0 Å². The van der Waals surface area contributed by atoms with Crippen LogP contribution in [0.1, 0.15) is 23.2 Å². The van der Waals surface area contributed by atoms with E-state index in [9.17, 15) is 14.4 Å². The van der Waals surface area contributed by atoms with Crippen LogP contribution >= 0.6 is 11.8 Å². The minimum Gasteiger partial charge on any atom is -0.452 e. The second-order valence-corrected chi connectivity index (χ2v) is 6.86. The Bertz CT molecular complexity index is 660. The zero-order valence-corrected chi connectivity index (χ0v) is 14.5. The summed E-state index contributed by atoms with van der Waals surface area (Å²) in [5, 5.41) is 2.53.